The Bertz CT molecular complexity index is 825. The van der Waals surface area contributed by atoms with Gasteiger partial charge in [0.25, 0.3) is 0 Å². The molecule has 7 nitrogen and oxygen atoms in total. The Kier molecular flexibility index (Phi) is 5.95. The summed E-state index contributed by atoms with van der Waals surface area (Å²) >= 11 is 0. The molecule has 3 N–H and O–H groups in total. The van der Waals surface area contributed by atoms with Crippen molar-refractivity contribution in [2.24, 2.45) is 4.99 Å². The molecule has 2 aromatic rings. The Hall–Kier alpha value is -2.32. The van der Waals surface area contributed by atoms with Gasteiger partial charge in [0.2, 0.25) is 10.0 Å². The van der Waals surface area contributed by atoms with Crippen LogP contribution in [0, 0.1) is 0 Å². The van der Waals surface area contributed by atoms with Crippen LogP contribution in [-0.2, 0) is 23.1 Å². The third-order valence-corrected chi connectivity index (χ3v) is 5.68. The van der Waals surface area contributed by atoms with Crippen LogP contribution in [0.5, 0.6) is 0 Å². The topological polar surface area (TPSA) is 87.5 Å². The molecule has 0 atom stereocenters. The van der Waals surface area contributed by atoms with E-state index in [1.165, 1.54) is 0 Å². The number of guanidine groups is 1. The highest BCUT2D eigenvalue weighted by Gasteiger charge is 2.27. The summed E-state index contributed by atoms with van der Waals surface area (Å²) < 4.78 is 29.1. The van der Waals surface area contributed by atoms with Gasteiger partial charge in [0.1, 0.15) is 0 Å². The lowest BCUT2D eigenvalue weighted by atomic mass is 10.2. The largest absolute Gasteiger partial charge is 0.355 e. The monoisotopic (exact) mass is 375 g/mol. The molecule has 0 unspecified atom stereocenters. The molecule has 0 amide bonds. The van der Waals surface area contributed by atoms with Crippen molar-refractivity contribution in [1.82, 2.24) is 19.9 Å². The number of aromatic nitrogens is 1. The zero-order chi connectivity index (χ0) is 18.4. The molecule has 0 radical (unpaired) electrons. The molecule has 0 saturated heterocycles. The van der Waals surface area contributed by atoms with Crippen molar-refractivity contribution in [2.75, 3.05) is 13.6 Å². The maximum absolute atomic E-state index is 12.2. The van der Waals surface area contributed by atoms with Gasteiger partial charge in [-0.1, -0.05) is 12.1 Å². The fourth-order valence-electron chi connectivity index (χ4n) is 2.50. The Morgan fingerprint density at radius 3 is 2.46 bits per heavy atom. The third kappa shape index (κ3) is 5.34. The summed E-state index contributed by atoms with van der Waals surface area (Å²) in [5.41, 5.74) is 0.990. The maximum Gasteiger partial charge on any atom is 0.240 e. The lowest BCUT2D eigenvalue weighted by Gasteiger charge is -2.13. The first-order chi connectivity index (χ1) is 12.6. The van der Waals surface area contributed by atoms with E-state index in [0.29, 0.717) is 17.4 Å². The number of rotatable bonds is 8. The van der Waals surface area contributed by atoms with Crippen LogP contribution in [0.25, 0.3) is 0 Å². The van der Waals surface area contributed by atoms with Gasteiger partial charge in [0.05, 0.1) is 4.90 Å². The molecule has 1 fully saturated rings. The summed E-state index contributed by atoms with van der Waals surface area (Å²) in [5.74, 6) is 0.712. The van der Waals surface area contributed by atoms with Gasteiger partial charge in [-0.3, -0.25) is 4.99 Å². The van der Waals surface area contributed by atoms with Crippen LogP contribution in [0.4, 0.5) is 0 Å². The van der Waals surface area contributed by atoms with Crippen molar-refractivity contribution in [3.05, 3.63) is 54.4 Å². The number of nitrogens with one attached hydrogen (secondary N) is 3. The zero-order valence-corrected chi connectivity index (χ0v) is 15.7. The summed E-state index contributed by atoms with van der Waals surface area (Å²) in [4.78, 5) is 4.51. The zero-order valence-electron chi connectivity index (χ0n) is 14.9. The molecule has 1 heterocycles. The van der Waals surface area contributed by atoms with Crippen molar-refractivity contribution in [3.63, 3.8) is 0 Å². The van der Waals surface area contributed by atoms with E-state index in [2.05, 4.69) is 24.9 Å². The standard InChI is InChI=1S/C18H25N5O2S/c1-19-18(20-10-13-23-11-2-3-12-23)21-14-15-4-8-17(9-5-15)26(24,25)22-16-6-7-16/h2-5,8-9,11-12,16,22H,6-7,10,13-14H2,1H3,(H2,19,20,21). The van der Waals surface area contributed by atoms with Crippen LogP contribution in [0.15, 0.2) is 58.7 Å². The molecular weight excluding hydrogens is 350 g/mol. The second kappa shape index (κ2) is 8.37. The van der Waals surface area contributed by atoms with Crippen LogP contribution in [0.1, 0.15) is 18.4 Å². The van der Waals surface area contributed by atoms with Crippen molar-refractivity contribution in [2.45, 2.75) is 36.9 Å². The van der Waals surface area contributed by atoms with Crippen LogP contribution in [0.3, 0.4) is 0 Å². The summed E-state index contributed by atoms with van der Waals surface area (Å²) in [6.07, 6.45) is 5.90. The minimum absolute atomic E-state index is 0.113. The van der Waals surface area contributed by atoms with Gasteiger partial charge in [0, 0.05) is 45.1 Å². The fourth-order valence-corrected chi connectivity index (χ4v) is 3.81. The summed E-state index contributed by atoms with van der Waals surface area (Å²) in [7, 11) is -1.67. The molecule has 3 rings (SSSR count). The fraction of sp³-hybridized carbons (Fsp3) is 0.389. The number of sulfonamides is 1. The summed E-state index contributed by atoms with van der Waals surface area (Å²) in [5, 5.41) is 6.49. The molecule has 1 aliphatic rings. The average molecular weight is 375 g/mol. The molecule has 26 heavy (non-hydrogen) atoms. The van der Waals surface area contributed by atoms with E-state index < -0.39 is 10.0 Å². The molecule has 1 aromatic heterocycles. The van der Waals surface area contributed by atoms with E-state index in [1.807, 2.05) is 36.7 Å². The summed E-state index contributed by atoms with van der Waals surface area (Å²) in [6, 6.07) is 11.0. The molecule has 140 valence electrons. The Morgan fingerprint density at radius 2 is 1.85 bits per heavy atom. The van der Waals surface area contributed by atoms with E-state index in [9.17, 15) is 8.42 Å². The van der Waals surface area contributed by atoms with Crippen molar-refractivity contribution < 1.29 is 8.42 Å². The second-order valence-electron chi connectivity index (χ2n) is 6.31. The third-order valence-electron chi connectivity index (χ3n) is 4.15. The highest BCUT2D eigenvalue weighted by atomic mass is 32.2. The molecular formula is C18H25N5O2S. The Balaban J connectivity index is 1.47. The number of hydrogen-bond acceptors (Lipinski definition) is 3. The molecule has 8 heteroatoms. The lowest BCUT2D eigenvalue weighted by molar-refractivity contribution is 0.581. The van der Waals surface area contributed by atoms with Crippen LogP contribution >= 0.6 is 0 Å². The minimum Gasteiger partial charge on any atom is -0.355 e. The first-order valence-electron chi connectivity index (χ1n) is 8.73. The van der Waals surface area contributed by atoms with Crippen molar-refractivity contribution >= 4 is 16.0 Å². The molecule has 1 aromatic carbocycles. The molecule has 1 saturated carbocycles. The quantitative estimate of drug-likeness (QED) is 0.479. The minimum atomic E-state index is -3.39. The van der Waals surface area contributed by atoms with Gasteiger partial charge in [-0.05, 0) is 42.7 Å². The first-order valence-corrected chi connectivity index (χ1v) is 10.2. The maximum atomic E-state index is 12.2. The van der Waals surface area contributed by atoms with E-state index in [4.69, 9.17) is 0 Å². The SMILES string of the molecule is CN=C(NCCn1cccc1)NCc1ccc(S(=O)(=O)NC2CC2)cc1. The summed E-state index contributed by atoms with van der Waals surface area (Å²) in [6.45, 7) is 2.19. The molecule has 0 bridgehead atoms. The van der Waals surface area contributed by atoms with Gasteiger partial charge < -0.3 is 15.2 Å². The van der Waals surface area contributed by atoms with E-state index >= 15 is 0 Å². The number of benzene rings is 1. The van der Waals surface area contributed by atoms with Gasteiger partial charge in [-0.15, -0.1) is 0 Å². The van der Waals surface area contributed by atoms with Crippen molar-refractivity contribution in [3.8, 4) is 0 Å². The normalized spacial score (nSPS) is 15.0. The molecule has 0 spiro atoms. The van der Waals surface area contributed by atoms with Crippen LogP contribution in [-0.4, -0.2) is 38.6 Å². The van der Waals surface area contributed by atoms with Gasteiger partial charge in [0.15, 0.2) is 5.96 Å². The van der Waals surface area contributed by atoms with Crippen LogP contribution < -0.4 is 15.4 Å². The van der Waals surface area contributed by atoms with Crippen molar-refractivity contribution in [1.29, 1.82) is 0 Å². The lowest BCUT2D eigenvalue weighted by Crippen LogP contribution is -2.38. The van der Waals surface area contributed by atoms with E-state index in [-0.39, 0.29) is 6.04 Å². The number of nitrogens with zero attached hydrogens (tertiary/aromatic N) is 2. The predicted molar refractivity (Wildman–Crippen MR) is 102 cm³/mol. The highest BCUT2D eigenvalue weighted by molar-refractivity contribution is 7.89. The average Bonchev–Trinajstić information content (AvgIpc) is 3.28. The first kappa shape index (κ1) is 18.5. The van der Waals surface area contributed by atoms with Gasteiger partial charge in [-0.2, -0.15) is 0 Å². The smallest absolute Gasteiger partial charge is 0.240 e. The van der Waals surface area contributed by atoms with E-state index in [1.54, 1.807) is 19.2 Å². The molecule has 1 aliphatic carbocycles. The van der Waals surface area contributed by atoms with Gasteiger partial charge >= 0.3 is 0 Å². The second-order valence-corrected chi connectivity index (χ2v) is 8.03. The number of hydrogen-bond donors (Lipinski definition) is 3. The van der Waals surface area contributed by atoms with Gasteiger partial charge in [-0.25, -0.2) is 13.1 Å². The van der Waals surface area contributed by atoms with Crippen LogP contribution in [0.2, 0.25) is 0 Å². The predicted octanol–water partition coefficient (Wildman–Crippen LogP) is 1.29. The Labute approximate surface area is 154 Å². The number of aliphatic imine (C=N–C) groups is 1. The Morgan fingerprint density at radius 1 is 1.15 bits per heavy atom. The van der Waals surface area contributed by atoms with E-state index in [0.717, 1.165) is 31.5 Å². The molecule has 0 aliphatic heterocycles. The highest BCUT2D eigenvalue weighted by Crippen LogP contribution is 2.22.